The van der Waals surface area contributed by atoms with Crippen LogP contribution in [0.4, 0.5) is 4.39 Å². The van der Waals surface area contributed by atoms with E-state index < -0.39 is 12.6 Å². The lowest BCUT2D eigenvalue weighted by atomic mass is 10.2. The number of aromatic nitrogens is 5. The zero-order valence-electron chi connectivity index (χ0n) is 12.8. The predicted octanol–water partition coefficient (Wildman–Crippen LogP) is 2.21. The second kappa shape index (κ2) is 6.38. The van der Waals surface area contributed by atoms with Crippen LogP contribution in [0.5, 0.6) is 0 Å². The lowest BCUT2D eigenvalue weighted by Crippen LogP contribution is -2.04. The fourth-order valence-electron chi connectivity index (χ4n) is 2.42. The maximum Gasteiger partial charge on any atom is 0.261 e. The third-order valence-electron chi connectivity index (χ3n) is 3.61. The van der Waals surface area contributed by atoms with Gasteiger partial charge in [-0.3, -0.25) is 0 Å². The van der Waals surface area contributed by atoms with Gasteiger partial charge in [0.05, 0.1) is 11.1 Å². The van der Waals surface area contributed by atoms with Crippen LogP contribution in [0.2, 0.25) is 0 Å². The van der Waals surface area contributed by atoms with Gasteiger partial charge in [0.15, 0.2) is 0 Å². The minimum Gasteiger partial charge on any atom is -0.371 e. The highest BCUT2D eigenvalue weighted by Crippen LogP contribution is 2.25. The van der Waals surface area contributed by atoms with Crippen molar-refractivity contribution in [2.45, 2.75) is 6.73 Å². The highest BCUT2D eigenvalue weighted by atomic mass is 19.1. The van der Waals surface area contributed by atoms with Crippen LogP contribution in [0.1, 0.15) is 0 Å². The Balaban J connectivity index is 1.67. The normalized spacial score (nSPS) is 11.3. The molecular weight excluding hydrogens is 329 g/mol. The number of rotatable bonds is 5. The Kier molecular flexibility index (Phi) is 3.92. The molecule has 0 atom stereocenters. The van der Waals surface area contributed by atoms with E-state index in [-0.39, 0.29) is 18.2 Å². The second-order valence-electron chi connectivity index (χ2n) is 5.16. The van der Waals surface area contributed by atoms with Gasteiger partial charge < -0.3 is 14.4 Å². The van der Waals surface area contributed by atoms with Gasteiger partial charge in [-0.1, -0.05) is 22.5 Å². The molecule has 0 aliphatic heterocycles. The molecule has 0 aliphatic carbocycles. The number of aliphatic hydroxyl groups excluding tert-OH is 1. The van der Waals surface area contributed by atoms with Gasteiger partial charge in [-0.2, -0.15) is 4.98 Å². The van der Waals surface area contributed by atoms with Crippen molar-refractivity contribution >= 4 is 11.0 Å². The van der Waals surface area contributed by atoms with Crippen LogP contribution in [-0.4, -0.2) is 37.0 Å². The second-order valence-corrected chi connectivity index (χ2v) is 5.16. The van der Waals surface area contributed by atoms with Crippen LogP contribution >= 0.6 is 0 Å². The molecule has 126 valence electrons. The first kappa shape index (κ1) is 15.4. The van der Waals surface area contributed by atoms with E-state index >= 15 is 0 Å². The van der Waals surface area contributed by atoms with Crippen molar-refractivity contribution in [3.8, 4) is 22.8 Å². The first-order valence-corrected chi connectivity index (χ1v) is 7.37. The summed E-state index contributed by atoms with van der Waals surface area (Å²) in [4.78, 5) is 4.24. The van der Waals surface area contributed by atoms with Crippen LogP contribution in [0.15, 0.2) is 47.0 Å². The molecule has 2 aromatic heterocycles. The molecule has 0 amide bonds. The number of halogens is 1. The molecule has 25 heavy (non-hydrogen) atoms. The molecule has 2 heterocycles. The molecular formula is C16H12FN5O3. The number of benzene rings is 2. The molecule has 4 rings (SSSR count). The molecule has 0 spiro atoms. The van der Waals surface area contributed by atoms with Crippen LogP contribution in [0, 0.1) is 5.82 Å². The lowest BCUT2D eigenvalue weighted by molar-refractivity contribution is -0.0385. The van der Waals surface area contributed by atoms with Crippen LogP contribution in [0.25, 0.3) is 33.9 Å². The number of nitrogens with zero attached hydrogens (tertiary/aromatic N) is 5. The van der Waals surface area contributed by atoms with E-state index in [9.17, 15) is 4.39 Å². The van der Waals surface area contributed by atoms with E-state index in [0.717, 1.165) is 5.52 Å². The van der Waals surface area contributed by atoms with Gasteiger partial charge in [0.25, 0.3) is 5.89 Å². The van der Waals surface area contributed by atoms with Gasteiger partial charge in [0.1, 0.15) is 24.9 Å². The molecule has 9 heteroatoms. The van der Waals surface area contributed by atoms with E-state index in [1.54, 1.807) is 36.4 Å². The monoisotopic (exact) mass is 341 g/mol. The van der Waals surface area contributed by atoms with Crippen molar-refractivity contribution < 1.29 is 18.8 Å². The van der Waals surface area contributed by atoms with Crippen LogP contribution < -0.4 is 0 Å². The summed E-state index contributed by atoms with van der Waals surface area (Å²) in [6.45, 7) is -0.312. The van der Waals surface area contributed by atoms with Crippen molar-refractivity contribution in [2.24, 2.45) is 0 Å². The number of fused-ring (bicyclic) bond motifs is 1. The average molecular weight is 341 g/mol. The smallest absolute Gasteiger partial charge is 0.261 e. The largest absolute Gasteiger partial charge is 0.371 e. The average Bonchev–Trinajstić information content (AvgIpc) is 3.27. The van der Waals surface area contributed by atoms with Crippen molar-refractivity contribution in [2.75, 3.05) is 6.79 Å². The Morgan fingerprint density at radius 2 is 2.08 bits per heavy atom. The molecule has 8 nitrogen and oxygen atoms in total. The highest BCUT2D eigenvalue weighted by molar-refractivity contribution is 5.80. The number of ether oxygens (including phenoxy) is 1. The van der Waals surface area contributed by atoms with Gasteiger partial charge in [-0.25, -0.2) is 9.07 Å². The summed E-state index contributed by atoms with van der Waals surface area (Å²) < 4.78 is 25.4. The Labute approximate surface area is 140 Å². The zero-order chi connectivity index (χ0) is 17.2. The standard InChI is InChI=1S/C16H12FN5O3/c17-12-4-2-1-3-11(12)16-18-15(20-25-16)10-5-6-14-13(7-10)19-21-22(14)8-24-9-23/h1-7,23H,8-9H2. The maximum atomic E-state index is 13.8. The SMILES string of the molecule is OCOCn1nnc2cc(-c3noc(-c4ccccc4F)n3)ccc21. The van der Waals surface area contributed by atoms with Gasteiger partial charge in [-0.05, 0) is 30.3 Å². The maximum absolute atomic E-state index is 13.8. The Morgan fingerprint density at radius 3 is 2.92 bits per heavy atom. The molecule has 0 radical (unpaired) electrons. The number of hydrogen-bond acceptors (Lipinski definition) is 7. The van der Waals surface area contributed by atoms with E-state index in [1.807, 2.05) is 0 Å². The summed E-state index contributed by atoms with van der Waals surface area (Å²) in [5.74, 6) is -0.00510. The van der Waals surface area contributed by atoms with Crippen molar-refractivity contribution in [1.29, 1.82) is 0 Å². The summed E-state index contributed by atoms with van der Waals surface area (Å²) in [7, 11) is 0. The van der Waals surface area contributed by atoms with Gasteiger partial charge in [-0.15, -0.1) is 5.10 Å². The minimum absolute atomic E-state index is 0.0893. The molecule has 0 aliphatic rings. The fraction of sp³-hybridized carbons (Fsp3) is 0.125. The van der Waals surface area contributed by atoms with Gasteiger partial charge in [0.2, 0.25) is 5.82 Å². The third-order valence-corrected chi connectivity index (χ3v) is 3.61. The zero-order valence-corrected chi connectivity index (χ0v) is 12.8. The lowest BCUT2D eigenvalue weighted by Gasteiger charge is -2.01. The number of aliphatic hydroxyl groups is 1. The number of hydrogen-bond donors (Lipinski definition) is 1. The molecule has 4 aromatic rings. The summed E-state index contributed by atoms with van der Waals surface area (Å²) in [5.41, 5.74) is 2.25. The van der Waals surface area contributed by atoms with Crippen LogP contribution in [0.3, 0.4) is 0 Å². The summed E-state index contributed by atoms with van der Waals surface area (Å²) >= 11 is 0. The Hall–Kier alpha value is -3.17. The van der Waals surface area contributed by atoms with E-state index in [2.05, 4.69) is 20.5 Å². The Bertz CT molecular complexity index is 1030. The van der Waals surface area contributed by atoms with E-state index in [1.165, 1.54) is 10.7 Å². The molecule has 0 saturated carbocycles. The molecule has 0 saturated heterocycles. The quantitative estimate of drug-likeness (QED) is 0.556. The topological polar surface area (TPSA) is 99.1 Å². The molecule has 0 bridgehead atoms. The Morgan fingerprint density at radius 1 is 1.20 bits per heavy atom. The summed E-state index contributed by atoms with van der Waals surface area (Å²) in [6, 6.07) is 11.5. The van der Waals surface area contributed by atoms with Crippen molar-refractivity contribution in [3.63, 3.8) is 0 Å². The first-order chi connectivity index (χ1) is 12.3. The van der Waals surface area contributed by atoms with Crippen molar-refractivity contribution in [1.82, 2.24) is 25.1 Å². The van der Waals surface area contributed by atoms with E-state index in [4.69, 9.17) is 14.4 Å². The van der Waals surface area contributed by atoms with Crippen LogP contribution in [-0.2, 0) is 11.5 Å². The van der Waals surface area contributed by atoms with Gasteiger partial charge in [0, 0.05) is 5.56 Å². The van der Waals surface area contributed by atoms with E-state index in [0.29, 0.717) is 16.9 Å². The summed E-state index contributed by atoms with van der Waals surface area (Å²) in [5, 5.41) is 20.6. The van der Waals surface area contributed by atoms with Gasteiger partial charge >= 0.3 is 0 Å². The van der Waals surface area contributed by atoms with Crippen molar-refractivity contribution in [3.05, 3.63) is 48.3 Å². The fourth-order valence-corrected chi connectivity index (χ4v) is 2.42. The third kappa shape index (κ3) is 2.86. The minimum atomic E-state index is -0.431. The highest BCUT2D eigenvalue weighted by Gasteiger charge is 2.15. The summed E-state index contributed by atoms with van der Waals surface area (Å²) in [6.07, 6.45) is 0. The molecule has 1 N–H and O–H groups in total. The molecule has 0 unspecified atom stereocenters. The predicted molar refractivity (Wildman–Crippen MR) is 84.4 cm³/mol. The first-order valence-electron chi connectivity index (χ1n) is 7.37. The molecule has 0 fully saturated rings. The molecule has 2 aromatic carbocycles.